The molecule has 23 heavy (non-hydrogen) atoms. The molecule has 122 valence electrons. The maximum absolute atomic E-state index is 11.0. The second-order valence-electron chi connectivity index (χ2n) is 4.91. The lowest BCUT2D eigenvalue weighted by Crippen LogP contribution is -2.33. The van der Waals surface area contributed by atoms with Crippen molar-refractivity contribution in [2.45, 2.75) is 18.0 Å². The molecule has 2 aromatic rings. The number of rotatable bonds is 5. The van der Waals surface area contributed by atoms with E-state index in [9.17, 15) is 4.79 Å². The van der Waals surface area contributed by atoms with Crippen molar-refractivity contribution in [2.24, 2.45) is 0 Å². The molecule has 0 unspecified atom stereocenters. The summed E-state index contributed by atoms with van der Waals surface area (Å²) in [6.45, 7) is 0.184. The highest BCUT2D eigenvalue weighted by molar-refractivity contribution is 7.99. The van der Waals surface area contributed by atoms with E-state index in [1.807, 2.05) is 6.07 Å². The molecule has 0 aliphatic carbocycles. The van der Waals surface area contributed by atoms with Gasteiger partial charge in [-0.25, -0.2) is 0 Å². The number of nitrogens with one attached hydrogen (secondary N) is 1. The molecule has 0 bridgehead atoms. The Balaban J connectivity index is 1.63. The Hall–Kier alpha value is -1.34. The minimum absolute atomic E-state index is 0.172. The fourth-order valence-electron chi connectivity index (χ4n) is 2.15. The molecule has 1 aromatic carbocycles. The van der Waals surface area contributed by atoms with Crippen molar-refractivity contribution in [3.05, 3.63) is 51.9 Å². The van der Waals surface area contributed by atoms with E-state index in [-0.39, 0.29) is 12.0 Å². The zero-order valence-electron chi connectivity index (χ0n) is 11.8. The van der Waals surface area contributed by atoms with Crippen LogP contribution in [0.25, 0.3) is 0 Å². The molecule has 8 heteroatoms. The van der Waals surface area contributed by atoms with Gasteiger partial charge in [0, 0.05) is 5.75 Å². The number of carboxylic acid groups (broad SMARTS) is 1. The number of carboxylic acids is 1. The average Bonchev–Trinajstić information content (AvgIpc) is 3.15. The molecule has 1 aliphatic rings. The van der Waals surface area contributed by atoms with Crippen molar-refractivity contribution in [1.82, 2.24) is 5.32 Å². The number of carbonyl (C=O) groups is 1. The summed E-state index contributed by atoms with van der Waals surface area (Å²) in [5.41, 5.74) is 0. The first-order chi connectivity index (χ1) is 11.0. The highest BCUT2D eigenvalue weighted by Gasteiger charge is 2.32. The fraction of sp³-hybridized carbons (Fsp3) is 0.267. The number of hydrogen-bond donors (Lipinski definition) is 2. The molecule has 1 fully saturated rings. The summed E-state index contributed by atoms with van der Waals surface area (Å²) in [4.78, 5) is 11.0. The molecule has 2 heterocycles. The zero-order valence-corrected chi connectivity index (χ0v) is 14.1. The predicted octanol–water partition coefficient (Wildman–Crippen LogP) is 3.95. The molecule has 0 amide bonds. The van der Waals surface area contributed by atoms with Crippen LogP contribution in [-0.2, 0) is 11.4 Å². The van der Waals surface area contributed by atoms with Crippen LogP contribution in [0, 0.1) is 0 Å². The third-order valence-corrected chi connectivity index (χ3v) is 5.12. The van der Waals surface area contributed by atoms with Gasteiger partial charge in [0.05, 0.1) is 10.0 Å². The van der Waals surface area contributed by atoms with Gasteiger partial charge in [0.2, 0.25) is 0 Å². The van der Waals surface area contributed by atoms with Gasteiger partial charge in [-0.1, -0.05) is 29.3 Å². The molecule has 0 spiro atoms. The van der Waals surface area contributed by atoms with Crippen LogP contribution in [0.15, 0.2) is 34.7 Å². The van der Waals surface area contributed by atoms with Crippen LogP contribution >= 0.6 is 35.0 Å². The summed E-state index contributed by atoms with van der Waals surface area (Å²) in [5.74, 6) is 1.33. The Morgan fingerprint density at radius 3 is 2.74 bits per heavy atom. The fourth-order valence-corrected chi connectivity index (χ4v) is 3.84. The lowest BCUT2D eigenvalue weighted by atomic mass is 10.3. The molecule has 2 N–H and O–H groups in total. The van der Waals surface area contributed by atoms with Crippen LogP contribution in [-0.4, -0.2) is 22.9 Å². The number of halogens is 2. The topological polar surface area (TPSA) is 71.7 Å². The summed E-state index contributed by atoms with van der Waals surface area (Å²) < 4.78 is 11.3. The van der Waals surface area contributed by atoms with Crippen molar-refractivity contribution >= 4 is 40.9 Å². The van der Waals surface area contributed by atoms with Crippen molar-refractivity contribution in [3.63, 3.8) is 0 Å². The predicted molar refractivity (Wildman–Crippen MR) is 89.3 cm³/mol. The molecule has 3 rings (SSSR count). The third-order valence-electron chi connectivity index (χ3n) is 3.30. The Kier molecular flexibility index (Phi) is 5.06. The van der Waals surface area contributed by atoms with Crippen molar-refractivity contribution in [2.75, 3.05) is 5.75 Å². The minimum atomic E-state index is -0.858. The minimum Gasteiger partial charge on any atom is -0.483 e. The van der Waals surface area contributed by atoms with Crippen LogP contribution in [0.5, 0.6) is 5.75 Å². The summed E-state index contributed by atoms with van der Waals surface area (Å²) in [6, 6.07) is 8.17. The summed E-state index contributed by atoms with van der Waals surface area (Å²) in [6.07, 6.45) is 0. The van der Waals surface area contributed by atoms with Crippen LogP contribution in [0.4, 0.5) is 0 Å². The number of hydrogen-bond acceptors (Lipinski definition) is 5. The van der Waals surface area contributed by atoms with Gasteiger partial charge in [-0.2, -0.15) is 0 Å². The Bertz CT molecular complexity index is 701. The summed E-state index contributed by atoms with van der Waals surface area (Å²) >= 11 is 13.6. The maximum Gasteiger partial charge on any atom is 0.321 e. The monoisotopic (exact) mass is 373 g/mol. The van der Waals surface area contributed by atoms with Crippen LogP contribution in [0.3, 0.4) is 0 Å². The third kappa shape index (κ3) is 3.77. The number of thioether (sulfide) groups is 1. The zero-order chi connectivity index (χ0) is 16.4. The summed E-state index contributed by atoms with van der Waals surface area (Å²) in [7, 11) is 0. The Labute approximate surface area is 146 Å². The van der Waals surface area contributed by atoms with Crippen molar-refractivity contribution in [1.29, 1.82) is 0 Å². The smallest absolute Gasteiger partial charge is 0.321 e. The molecular weight excluding hydrogens is 361 g/mol. The van der Waals surface area contributed by atoms with Gasteiger partial charge in [0.1, 0.15) is 29.5 Å². The van der Waals surface area contributed by atoms with E-state index >= 15 is 0 Å². The van der Waals surface area contributed by atoms with E-state index in [1.165, 1.54) is 11.8 Å². The molecule has 2 atom stereocenters. The number of furan rings is 1. The van der Waals surface area contributed by atoms with Gasteiger partial charge in [-0.15, -0.1) is 11.8 Å². The summed E-state index contributed by atoms with van der Waals surface area (Å²) in [5, 5.41) is 12.7. The van der Waals surface area contributed by atoms with E-state index in [2.05, 4.69) is 5.32 Å². The Morgan fingerprint density at radius 2 is 2.09 bits per heavy atom. The highest BCUT2D eigenvalue weighted by Crippen LogP contribution is 2.35. The van der Waals surface area contributed by atoms with E-state index < -0.39 is 12.0 Å². The SMILES string of the molecule is O=C(O)[C@@H]1CS[C@@H](c2ccc(COc3c(Cl)cccc3Cl)o2)N1. The van der Waals surface area contributed by atoms with Gasteiger partial charge in [-0.05, 0) is 24.3 Å². The van der Waals surface area contributed by atoms with Crippen LogP contribution in [0.1, 0.15) is 16.9 Å². The molecule has 1 aliphatic heterocycles. The van der Waals surface area contributed by atoms with Crippen LogP contribution < -0.4 is 10.1 Å². The lowest BCUT2D eigenvalue weighted by Gasteiger charge is -2.09. The highest BCUT2D eigenvalue weighted by atomic mass is 35.5. The molecule has 1 aromatic heterocycles. The first-order valence-electron chi connectivity index (χ1n) is 6.80. The lowest BCUT2D eigenvalue weighted by molar-refractivity contribution is -0.138. The number of benzene rings is 1. The number of para-hydroxylation sites is 1. The van der Waals surface area contributed by atoms with E-state index in [4.69, 9.17) is 37.5 Å². The standard InChI is InChI=1S/C15H13Cl2NO4S/c16-9-2-1-3-10(17)13(9)21-6-8-4-5-12(22-8)14-18-11(7-23-14)15(19)20/h1-5,11,14,18H,6-7H2,(H,19,20)/t11-,14-/m0/s1. The second kappa shape index (κ2) is 7.05. The Morgan fingerprint density at radius 1 is 1.35 bits per heavy atom. The van der Waals surface area contributed by atoms with Crippen molar-refractivity contribution in [3.8, 4) is 5.75 Å². The molecule has 1 saturated heterocycles. The average molecular weight is 374 g/mol. The molecule has 5 nitrogen and oxygen atoms in total. The van der Waals surface area contributed by atoms with E-state index in [0.717, 1.165) is 0 Å². The van der Waals surface area contributed by atoms with Gasteiger partial charge in [0.15, 0.2) is 5.75 Å². The van der Waals surface area contributed by atoms with Crippen molar-refractivity contribution < 1.29 is 19.1 Å². The first kappa shape index (κ1) is 16.5. The largest absolute Gasteiger partial charge is 0.483 e. The van der Waals surface area contributed by atoms with E-state index in [1.54, 1.807) is 24.3 Å². The first-order valence-corrected chi connectivity index (χ1v) is 8.61. The van der Waals surface area contributed by atoms with Crippen LogP contribution in [0.2, 0.25) is 10.0 Å². The molecule has 0 saturated carbocycles. The van der Waals surface area contributed by atoms with E-state index in [0.29, 0.717) is 33.1 Å². The number of ether oxygens (including phenoxy) is 1. The van der Waals surface area contributed by atoms with Gasteiger partial charge < -0.3 is 14.3 Å². The maximum atomic E-state index is 11.0. The normalized spacial score (nSPS) is 20.6. The quantitative estimate of drug-likeness (QED) is 0.826. The van der Waals surface area contributed by atoms with Gasteiger partial charge in [-0.3, -0.25) is 10.1 Å². The molecule has 0 radical (unpaired) electrons. The molecular formula is C15H13Cl2NO4S. The van der Waals surface area contributed by atoms with Gasteiger partial charge in [0.25, 0.3) is 0 Å². The van der Waals surface area contributed by atoms with Gasteiger partial charge >= 0.3 is 5.97 Å². The number of aliphatic carboxylic acids is 1. The second-order valence-corrected chi connectivity index (χ2v) is 6.87.